The molecule has 1 aromatic rings. The van der Waals surface area contributed by atoms with Crippen LogP contribution in [0.5, 0.6) is 0 Å². The van der Waals surface area contributed by atoms with E-state index in [4.69, 9.17) is 5.11 Å². The van der Waals surface area contributed by atoms with E-state index in [2.05, 4.69) is 13.8 Å². The van der Waals surface area contributed by atoms with Crippen LogP contribution in [0.4, 0.5) is 0 Å². The highest BCUT2D eigenvalue weighted by Gasteiger charge is 2.00. The second-order valence-corrected chi connectivity index (χ2v) is 3.43. The van der Waals surface area contributed by atoms with Crippen LogP contribution in [0, 0.1) is 0 Å². The quantitative estimate of drug-likeness (QED) is 0.827. The van der Waals surface area contributed by atoms with E-state index in [1.54, 1.807) is 18.2 Å². The molecule has 0 aliphatic carbocycles. The normalized spacial score (nSPS) is 9.69. The Bertz CT molecular complexity index is 338. The smallest absolute Gasteiger partial charge is 0.335 e. The summed E-state index contributed by atoms with van der Waals surface area (Å²) in [5.74, 6) is -0.888. The third kappa shape index (κ3) is 6.02. The molecule has 0 saturated heterocycles. The molecule has 0 amide bonds. The molecular weight excluding hydrogens is 200 g/mol. The molecule has 1 rings (SSSR count). The van der Waals surface area contributed by atoms with Crippen molar-refractivity contribution in [2.24, 2.45) is 0 Å². The number of hydrogen-bond donors (Lipinski definition) is 1. The number of carbonyl (C=O) groups is 1. The van der Waals surface area contributed by atoms with Gasteiger partial charge in [-0.3, -0.25) is 0 Å². The van der Waals surface area contributed by atoms with E-state index in [0.717, 1.165) is 5.56 Å². The predicted molar refractivity (Wildman–Crippen MR) is 68.7 cm³/mol. The maximum atomic E-state index is 10.5. The summed E-state index contributed by atoms with van der Waals surface area (Å²) < 4.78 is 0. The van der Waals surface area contributed by atoms with Crippen molar-refractivity contribution in [1.82, 2.24) is 0 Å². The van der Waals surface area contributed by atoms with Gasteiger partial charge in [0.25, 0.3) is 0 Å². The lowest BCUT2D eigenvalue weighted by atomic mass is 10.1. The van der Waals surface area contributed by atoms with E-state index >= 15 is 0 Å². The first kappa shape index (κ1) is 14.4. The van der Waals surface area contributed by atoms with Crippen LogP contribution in [0.25, 0.3) is 6.08 Å². The molecule has 0 aliphatic heterocycles. The van der Waals surface area contributed by atoms with Gasteiger partial charge in [-0.05, 0) is 24.6 Å². The van der Waals surface area contributed by atoms with Crippen molar-refractivity contribution in [2.45, 2.75) is 33.6 Å². The Morgan fingerprint density at radius 2 is 1.94 bits per heavy atom. The number of hydrogen-bond acceptors (Lipinski definition) is 1. The van der Waals surface area contributed by atoms with Crippen molar-refractivity contribution in [1.29, 1.82) is 0 Å². The van der Waals surface area contributed by atoms with E-state index < -0.39 is 5.97 Å². The molecule has 0 atom stereocenters. The molecule has 2 nitrogen and oxygen atoms in total. The van der Waals surface area contributed by atoms with Gasteiger partial charge in [0, 0.05) is 0 Å². The highest BCUT2D eigenvalue weighted by Crippen LogP contribution is 2.06. The number of carboxylic acid groups (broad SMARTS) is 1. The number of aromatic carboxylic acids is 1. The van der Waals surface area contributed by atoms with Gasteiger partial charge in [0.2, 0.25) is 0 Å². The van der Waals surface area contributed by atoms with Gasteiger partial charge in [0.1, 0.15) is 0 Å². The summed E-state index contributed by atoms with van der Waals surface area (Å²) in [6.45, 7) is 6.26. The van der Waals surface area contributed by atoms with Crippen molar-refractivity contribution in [3.63, 3.8) is 0 Å². The first-order chi connectivity index (χ1) is 7.65. The Morgan fingerprint density at radius 1 is 1.31 bits per heavy atom. The molecule has 0 aromatic heterocycles. The average molecular weight is 220 g/mol. The highest BCUT2D eigenvalue weighted by molar-refractivity contribution is 5.88. The minimum atomic E-state index is -0.888. The van der Waals surface area contributed by atoms with Gasteiger partial charge in [-0.15, -0.1) is 0 Å². The topological polar surface area (TPSA) is 37.3 Å². The zero-order valence-corrected chi connectivity index (χ0v) is 10.2. The van der Waals surface area contributed by atoms with E-state index in [-0.39, 0.29) is 0 Å². The molecule has 0 bridgehead atoms. The summed E-state index contributed by atoms with van der Waals surface area (Å²) in [5, 5.41) is 8.65. The average Bonchev–Trinajstić information content (AvgIpc) is 2.30. The van der Waals surface area contributed by atoms with Gasteiger partial charge in [-0.25, -0.2) is 4.79 Å². The van der Waals surface area contributed by atoms with Crippen LogP contribution in [0.15, 0.2) is 30.3 Å². The van der Waals surface area contributed by atoms with Crippen LogP contribution in [-0.4, -0.2) is 11.1 Å². The molecule has 0 aliphatic rings. The van der Waals surface area contributed by atoms with Crippen LogP contribution in [0.2, 0.25) is 0 Å². The Balaban J connectivity index is 0.000000487. The van der Waals surface area contributed by atoms with E-state index in [1.165, 1.54) is 12.8 Å². The lowest BCUT2D eigenvalue weighted by Gasteiger charge is -1.95. The lowest BCUT2D eigenvalue weighted by Crippen LogP contribution is -1.95. The maximum Gasteiger partial charge on any atom is 0.335 e. The fourth-order valence-corrected chi connectivity index (χ4v) is 0.968. The standard InChI is InChI=1S/C10H10O2.C4H10/c1-2-4-8-5-3-6-9(7-8)10(11)12;1-3-4-2/h2-7H,1H3,(H,11,12);3-4H2,1-2H3/b4-2+;. The van der Waals surface area contributed by atoms with Crippen LogP contribution in [0.3, 0.4) is 0 Å². The van der Waals surface area contributed by atoms with Crippen molar-refractivity contribution < 1.29 is 9.90 Å². The van der Waals surface area contributed by atoms with Gasteiger partial charge in [0.05, 0.1) is 5.56 Å². The van der Waals surface area contributed by atoms with Crippen LogP contribution in [0.1, 0.15) is 49.5 Å². The molecule has 88 valence electrons. The molecule has 16 heavy (non-hydrogen) atoms. The van der Waals surface area contributed by atoms with Crippen LogP contribution in [-0.2, 0) is 0 Å². The number of unbranched alkanes of at least 4 members (excludes halogenated alkanes) is 1. The zero-order valence-electron chi connectivity index (χ0n) is 10.2. The van der Waals surface area contributed by atoms with Gasteiger partial charge in [-0.2, -0.15) is 0 Å². The molecular formula is C14H20O2. The summed E-state index contributed by atoms with van der Waals surface area (Å²) in [7, 11) is 0. The minimum absolute atomic E-state index is 0.325. The van der Waals surface area contributed by atoms with Crippen LogP contribution >= 0.6 is 0 Å². The first-order valence-corrected chi connectivity index (χ1v) is 5.61. The molecule has 1 aromatic carbocycles. The molecule has 0 radical (unpaired) electrons. The molecule has 0 fully saturated rings. The predicted octanol–water partition coefficient (Wildman–Crippen LogP) is 4.22. The third-order valence-corrected chi connectivity index (χ3v) is 1.99. The lowest BCUT2D eigenvalue weighted by molar-refractivity contribution is 0.0697. The first-order valence-electron chi connectivity index (χ1n) is 5.61. The third-order valence-electron chi connectivity index (χ3n) is 1.99. The zero-order chi connectivity index (χ0) is 12.4. The summed E-state index contributed by atoms with van der Waals surface area (Å²) in [6, 6.07) is 6.82. The van der Waals surface area contributed by atoms with Crippen LogP contribution < -0.4 is 0 Å². The van der Waals surface area contributed by atoms with E-state index in [1.807, 2.05) is 25.1 Å². The van der Waals surface area contributed by atoms with Gasteiger partial charge >= 0.3 is 5.97 Å². The molecule has 0 heterocycles. The fourth-order valence-electron chi connectivity index (χ4n) is 0.968. The summed E-state index contributed by atoms with van der Waals surface area (Å²) in [6.07, 6.45) is 6.38. The monoisotopic (exact) mass is 220 g/mol. The summed E-state index contributed by atoms with van der Waals surface area (Å²) in [5.41, 5.74) is 1.24. The number of carboxylic acids is 1. The molecule has 0 saturated carbocycles. The Hall–Kier alpha value is -1.57. The molecule has 0 unspecified atom stereocenters. The Morgan fingerprint density at radius 3 is 2.38 bits per heavy atom. The number of rotatable bonds is 3. The molecule has 0 spiro atoms. The number of benzene rings is 1. The molecule has 1 N–H and O–H groups in total. The maximum absolute atomic E-state index is 10.5. The second kappa shape index (κ2) is 8.72. The number of allylic oxidation sites excluding steroid dienone is 1. The second-order valence-electron chi connectivity index (χ2n) is 3.43. The van der Waals surface area contributed by atoms with Crippen molar-refractivity contribution >= 4 is 12.0 Å². The Kier molecular flexibility index (Phi) is 7.86. The summed E-state index contributed by atoms with van der Waals surface area (Å²) >= 11 is 0. The Labute approximate surface area is 97.6 Å². The SMILES string of the molecule is C/C=C/c1cccc(C(=O)O)c1.CCCC. The highest BCUT2D eigenvalue weighted by atomic mass is 16.4. The van der Waals surface area contributed by atoms with Crippen molar-refractivity contribution in [3.05, 3.63) is 41.5 Å². The van der Waals surface area contributed by atoms with E-state index in [0.29, 0.717) is 5.56 Å². The van der Waals surface area contributed by atoms with Gasteiger partial charge in [0.15, 0.2) is 0 Å². The van der Waals surface area contributed by atoms with Gasteiger partial charge < -0.3 is 5.11 Å². The molecule has 2 heteroatoms. The van der Waals surface area contributed by atoms with Crippen molar-refractivity contribution in [3.8, 4) is 0 Å². The summed E-state index contributed by atoms with van der Waals surface area (Å²) in [4.78, 5) is 10.5. The van der Waals surface area contributed by atoms with Gasteiger partial charge in [-0.1, -0.05) is 51.0 Å². The largest absolute Gasteiger partial charge is 0.478 e. The minimum Gasteiger partial charge on any atom is -0.478 e. The van der Waals surface area contributed by atoms with E-state index in [9.17, 15) is 4.79 Å². The fraction of sp³-hybridized carbons (Fsp3) is 0.357. The van der Waals surface area contributed by atoms with Crippen molar-refractivity contribution in [2.75, 3.05) is 0 Å².